The molecule has 2 aromatic carbocycles. The number of Topliss-reactive ketones (excluding diaryl/α,β-unsaturated/α-hetero) is 1. The maximum absolute atomic E-state index is 13.1. The smallest absolute Gasteiger partial charge is 0.339 e. The zero-order valence-corrected chi connectivity index (χ0v) is 16.5. The van der Waals surface area contributed by atoms with E-state index in [2.05, 4.69) is 4.90 Å². The number of methoxy groups -OCH3 is 1. The minimum Gasteiger partial charge on any atom is -0.496 e. The third-order valence-corrected chi connectivity index (χ3v) is 5.18. The Kier molecular flexibility index (Phi) is 5.27. The van der Waals surface area contributed by atoms with Gasteiger partial charge in [-0.1, -0.05) is 30.3 Å². The van der Waals surface area contributed by atoms with E-state index < -0.39 is 5.97 Å². The van der Waals surface area contributed by atoms with Gasteiger partial charge < -0.3 is 14.4 Å². The molecule has 3 aromatic rings. The summed E-state index contributed by atoms with van der Waals surface area (Å²) in [5, 5.41) is 0.747. The van der Waals surface area contributed by atoms with Crippen LogP contribution in [0.5, 0.6) is 5.75 Å². The van der Waals surface area contributed by atoms with Gasteiger partial charge in [0.05, 0.1) is 23.8 Å². The van der Waals surface area contributed by atoms with Crippen molar-refractivity contribution >= 4 is 22.7 Å². The Morgan fingerprint density at radius 2 is 1.86 bits per heavy atom. The molecule has 0 spiro atoms. The van der Waals surface area contributed by atoms with E-state index in [4.69, 9.17) is 14.5 Å². The molecule has 0 N–H and O–H groups in total. The summed E-state index contributed by atoms with van der Waals surface area (Å²) in [5.74, 6) is -0.347. The van der Waals surface area contributed by atoms with Crippen molar-refractivity contribution in [2.24, 2.45) is 0 Å². The van der Waals surface area contributed by atoms with Gasteiger partial charge in [0.15, 0.2) is 6.61 Å². The topological polar surface area (TPSA) is 68.7 Å². The summed E-state index contributed by atoms with van der Waals surface area (Å²) in [6.45, 7) is 1.16. The number of nitrogens with zero attached hydrogens (tertiary/aromatic N) is 2. The van der Waals surface area contributed by atoms with Crippen LogP contribution in [0.2, 0.25) is 0 Å². The van der Waals surface area contributed by atoms with Crippen LogP contribution in [0.4, 0.5) is 0 Å². The molecule has 0 bridgehead atoms. The van der Waals surface area contributed by atoms with Gasteiger partial charge in [-0.3, -0.25) is 9.78 Å². The summed E-state index contributed by atoms with van der Waals surface area (Å²) in [7, 11) is 3.52. The number of esters is 1. The summed E-state index contributed by atoms with van der Waals surface area (Å²) in [6, 6.07) is 14.4. The lowest BCUT2D eigenvalue weighted by atomic mass is 9.96. The number of fused-ring (bicyclic) bond motifs is 2. The van der Waals surface area contributed by atoms with E-state index in [1.165, 1.54) is 7.11 Å². The highest BCUT2D eigenvalue weighted by molar-refractivity contribution is 6.07. The summed E-state index contributed by atoms with van der Waals surface area (Å²) in [4.78, 5) is 32.6. The Morgan fingerprint density at radius 1 is 1.10 bits per heavy atom. The number of carbonyl (C=O) groups is 2. The number of hydrogen-bond acceptors (Lipinski definition) is 6. The first-order valence-electron chi connectivity index (χ1n) is 9.51. The summed E-state index contributed by atoms with van der Waals surface area (Å²) >= 11 is 0. The molecular weight excluding hydrogens is 368 g/mol. The van der Waals surface area contributed by atoms with Crippen LogP contribution in [0, 0.1) is 0 Å². The average molecular weight is 390 g/mol. The second-order valence-electron chi connectivity index (χ2n) is 7.12. The number of ketones is 1. The van der Waals surface area contributed by atoms with Crippen molar-refractivity contribution in [1.29, 1.82) is 0 Å². The average Bonchev–Trinajstić information content (AvgIpc) is 2.75. The molecule has 1 aromatic heterocycles. The second-order valence-corrected chi connectivity index (χ2v) is 7.12. The molecule has 2 heterocycles. The maximum atomic E-state index is 13.1. The number of ether oxygens (including phenoxy) is 2. The van der Waals surface area contributed by atoms with Gasteiger partial charge in [0.1, 0.15) is 5.75 Å². The molecule has 148 valence electrons. The summed E-state index contributed by atoms with van der Waals surface area (Å²) in [6.07, 6.45) is 0.775. The van der Waals surface area contributed by atoms with Crippen LogP contribution in [-0.4, -0.2) is 48.9 Å². The summed E-state index contributed by atoms with van der Waals surface area (Å²) in [5.41, 5.74) is 3.46. The molecular formula is C23H22N2O4. The van der Waals surface area contributed by atoms with Gasteiger partial charge >= 0.3 is 5.97 Å². The first kappa shape index (κ1) is 19.1. The third kappa shape index (κ3) is 3.71. The monoisotopic (exact) mass is 390 g/mol. The Balaban J connectivity index is 1.65. The van der Waals surface area contributed by atoms with Crippen molar-refractivity contribution in [1.82, 2.24) is 9.88 Å². The zero-order chi connectivity index (χ0) is 20.4. The van der Waals surface area contributed by atoms with Gasteiger partial charge in [-0.25, -0.2) is 4.79 Å². The second kappa shape index (κ2) is 8.01. The lowest BCUT2D eigenvalue weighted by molar-refractivity contribution is 0.0473. The third-order valence-electron chi connectivity index (χ3n) is 5.18. The Bertz CT molecular complexity index is 1090. The van der Waals surface area contributed by atoms with Crippen LogP contribution in [0.3, 0.4) is 0 Å². The fraction of sp³-hybridized carbons (Fsp3) is 0.261. The molecule has 0 unspecified atom stereocenters. The van der Waals surface area contributed by atoms with Gasteiger partial charge in [-0.15, -0.1) is 0 Å². The molecule has 1 aliphatic heterocycles. The Hall–Kier alpha value is -3.25. The van der Waals surface area contributed by atoms with E-state index in [1.54, 1.807) is 24.3 Å². The SMILES string of the molecule is COc1ccccc1C(=O)COC(=O)c1c2c(nc3ccccc13)CCN(C)C2. The predicted molar refractivity (Wildman–Crippen MR) is 109 cm³/mol. The number of rotatable bonds is 5. The van der Waals surface area contributed by atoms with Crippen molar-refractivity contribution in [3.05, 3.63) is 70.9 Å². The van der Waals surface area contributed by atoms with E-state index in [9.17, 15) is 9.59 Å². The van der Waals surface area contributed by atoms with Crippen LogP contribution in [0.15, 0.2) is 48.5 Å². The minimum atomic E-state index is -0.501. The Morgan fingerprint density at radius 3 is 2.69 bits per heavy atom. The number of likely N-dealkylation sites (N-methyl/N-ethyl adjacent to an activating group) is 1. The highest BCUT2D eigenvalue weighted by atomic mass is 16.5. The molecule has 6 heteroatoms. The molecule has 0 saturated heterocycles. The molecule has 0 atom stereocenters. The molecule has 6 nitrogen and oxygen atoms in total. The van der Waals surface area contributed by atoms with Crippen LogP contribution < -0.4 is 4.74 Å². The standard InChI is InChI=1S/C23H22N2O4/c1-25-12-11-19-17(13-25)22(15-7-3-5-9-18(15)24-19)23(27)29-14-20(26)16-8-4-6-10-21(16)28-2/h3-10H,11-14H2,1-2H3. The lowest BCUT2D eigenvalue weighted by Crippen LogP contribution is -2.30. The van der Waals surface area contributed by atoms with Gasteiger partial charge in [-0.05, 0) is 25.2 Å². The van der Waals surface area contributed by atoms with E-state index >= 15 is 0 Å². The molecule has 0 aliphatic carbocycles. The van der Waals surface area contributed by atoms with Crippen molar-refractivity contribution in [2.75, 3.05) is 27.3 Å². The maximum Gasteiger partial charge on any atom is 0.339 e. The first-order chi connectivity index (χ1) is 14.1. The molecule has 0 fully saturated rings. The Labute approximate surface area is 169 Å². The minimum absolute atomic E-state index is 0.305. The number of hydrogen-bond donors (Lipinski definition) is 0. The predicted octanol–water partition coefficient (Wildman–Crippen LogP) is 3.27. The number of benzene rings is 2. The van der Waals surface area contributed by atoms with Crippen LogP contribution in [-0.2, 0) is 17.7 Å². The number of carbonyl (C=O) groups excluding carboxylic acids is 2. The molecule has 29 heavy (non-hydrogen) atoms. The van der Waals surface area contributed by atoms with E-state index in [-0.39, 0.29) is 12.4 Å². The van der Waals surface area contributed by atoms with Gasteiger partial charge in [-0.2, -0.15) is 0 Å². The van der Waals surface area contributed by atoms with E-state index in [1.807, 2.05) is 31.3 Å². The fourth-order valence-electron chi connectivity index (χ4n) is 3.71. The van der Waals surface area contributed by atoms with Crippen LogP contribution in [0.25, 0.3) is 10.9 Å². The van der Waals surface area contributed by atoms with Crippen LogP contribution >= 0.6 is 0 Å². The van der Waals surface area contributed by atoms with Gasteiger partial charge in [0, 0.05) is 36.2 Å². The van der Waals surface area contributed by atoms with Gasteiger partial charge in [0.2, 0.25) is 5.78 Å². The molecule has 0 radical (unpaired) electrons. The van der Waals surface area contributed by atoms with Crippen molar-refractivity contribution < 1.29 is 19.1 Å². The van der Waals surface area contributed by atoms with Crippen molar-refractivity contribution in [3.8, 4) is 5.75 Å². The first-order valence-corrected chi connectivity index (χ1v) is 9.51. The number of pyridine rings is 1. The zero-order valence-electron chi connectivity index (χ0n) is 16.5. The number of para-hydroxylation sites is 2. The largest absolute Gasteiger partial charge is 0.496 e. The lowest BCUT2D eigenvalue weighted by Gasteiger charge is -2.26. The molecule has 4 rings (SSSR count). The van der Waals surface area contributed by atoms with Crippen molar-refractivity contribution in [3.63, 3.8) is 0 Å². The number of aromatic nitrogens is 1. The molecule has 0 amide bonds. The molecule has 1 aliphatic rings. The highest BCUT2D eigenvalue weighted by Crippen LogP contribution is 2.28. The normalized spacial score (nSPS) is 13.7. The van der Waals surface area contributed by atoms with Crippen LogP contribution in [0.1, 0.15) is 32.0 Å². The van der Waals surface area contributed by atoms with E-state index in [0.29, 0.717) is 23.4 Å². The van der Waals surface area contributed by atoms with Gasteiger partial charge in [0.25, 0.3) is 0 Å². The van der Waals surface area contributed by atoms with Crippen molar-refractivity contribution in [2.45, 2.75) is 13.0 Å². The van der Waals surface area contributed by atoms with E-state index in [0.717, 1.165) is 35.1 Å². The fourth-order valence-corrected chi connectivity index (χ4v) is 3.71. The quantitative estimate of drug-likeness (QED) is 0.492. The highest BCUT2D eigenvalue weighted by Gasteiger charge is 2.26. The molecule has 0 saturated carbocycles. The summed E-state index contributed by atoms with van der Waals surface area (Å²) < 4.78 is 10.7.